The fourth-order valence-electron chi connectivity index (χ4n) is 3.30. The Balaban J connectivity index is 1.46. The van der Waals surface area contributed by atoms with Gasteiger partial charge in [0.25, 0.3) is 5.91 Å². The molecule has 3 aromatic carbocycles. The van der Waals surface area contributed by atoms with Gasteiger partial charge in [-0.15, -0.1) is 0 Å². The van der Waals surface area contributed by atoms with Crippen molar-refractivity contribution in [2.45, 2.75) is 6.61 Å². The lowest BCUT2D eigenvalue weighted by Gasteiger charge is -2.13. The monoisotopic (exact) mass is 585 g/mol. The normalized spacial score (nSPS) is 10.9. The predicted octanol–water partition coefficient (Wildman–Crippen LogP) is 6.09. The van der Waals surface area contributed by atoms with Gasteiger partial charge in [-0.1, -0.05) is 35.9 Å². The van der Waals surface area contributed by atoms with Crippen LogP contribution < -0.4 is 14.9 Å². The van der Waals surface area contributed by atoms with Crippen LogP contribution in [0, 0.1) is 3.57 Å². The van der Waals surface area contributed by atoms with Gasteiger partial charge in [0.05, 0.1) is 28.1 Å². The van der Waals surface area contributed by atoms with Gasteiger partial charge in [-0.3, -0.25) is 4.79 Å². The Hall–Kier alpha value is -3.30. The number of aromatic nitrogens is 1. The van der Waals surface area contributed by atoms with Gasteiger partial charge in [0.2, 0.25) is 0 Å². The Bertz CT molecular complexity index is 1310. The van der Waals surface area contributed by atoms with Gasteiger partial charge >= 0.3 is 0 Å². The number of hydrogen-bond acceptors (Lipinski definition) is 4. The Morgan fingerprint density at radius 3 is 2.56 bits per heavy atom. The van der Waals surface area contributed by atoms with E-state index in [1.54, 1.807) is 19.4 Å². The largest absolute Gasteiger partial charge is 0.493 e. The van der Waals surface area contributed by atoms with Crippen LogP contribution in [-0.4, -0.2) is 23.8 Å². The Morgan fingerprint density at radius 2 is 1.82 bits per heavy atom. The van der Waals surface area contributed by atoms with E-state index in [0.717, 1.165) is 20.4 Å². The first-order chi connectivity index (χ1) is 16.5. The summed E-state index contributed by atoms with van der Waals surface area (Å²) in [6.07, 6.45) is 5.35. The summed E-state index contributed by atoms with van der Waals surface area (Å²) >= 11 is 8.13. The van der Waals surface area contributed by atoms with Crippen LogP contribution in [0.5, 0.6) is 11.5 Å². The van der Waals surface area contributed by atoms with E-state index in [1.165, 1.54) is 0 Å². The van der Waals surface area contributed by atoms with Crippen LogP contribution in [0.15, 0.2) is 90.3 Å². The summed E-state index contributed by atoms with van der Waals surface area (Å²) in [5, 5.41) is 4.82. The van der Waals surface area contributed by atoms with Gasteiger partial charge in [-0.25, -0.2) is 5.43 Å². The quantitative estimate of drug-likeness (QED) is 0.155. The van der Waals surface area contributed by atoms with Crippen molar-refractivity contribution < 1.29 is 14.3 Å². The summed E-state index contributed by atoms with van der Waals surface area (Å²) in [4.78, 5) is 12.7. The number of hydrazone groups is 1. The number of hydrogen-bond donors (Lipinski definition) is 1. The number of carbonyl (C=O) groups is 1. The molecule has 0 spiro atoms. The molecule has 6 nitrogen and oxygen atoms in total. The standard InChI is InChI=1S/C26H21ClIN3O3/c1-33-24-15-19(14-22(28)25(24)34-17-18-8-10-20(27)11-9-18)16-29-30-26(32)21-6-2-3-7-23(21)31-12-4-5-13-31/h2-16H,17H2,1H3,(H,30,32)/b29-16-. The van der Waals surface area contributed by atoms with Crippen molar-refractivity contribution >= 4 is 46.3 Å². The average Bonchev–Trinajstić information content (AvgIpc) is 3.39. The van der Waals surface area contributed by atoms with Gasteiger partial charge in [0.1, 0.15) is 6.61 Å². The number of methoxy groups -OCH3 is 1. The second-order valence-electron chi connectivity index (χ2n) is 7.26. The number of nitrogens with zero attached hydrogens (tertiary/aromatic N) is 2. The Morgan fingerprint density at radius 1 is 1.09 bits per heavy atom. The molecule has 1 amide bonds. The zero-order valence-corrected chi connectivity index (χ0v) is 21.2. The number of halogens is 2. The highest BCUT2D eigenvalue weighted by atomic mass is 127. The summed E-state index contributed by atoms with van der Waals surface area (Å²) in [5.74, 6) is 0.914. The fraction of sp³-hybridized carbons (Fsp3) is 0.0769. The van der Waals surface area contributed by atoms with Crippen molar-refractivity contribution in [2.75, 3.05) is 7.11 Å². The molecule has 0 saturated heterocycles. The first kappa shape index (κ1) is 23.8. The van der Waals surface area contributed by atoms with Gasteiger partial charge in [0.15, 0.2) is 11.5 Å². The van der Waals surface area contributed by atoms with E-state index in [0.29, 0.717) is 28.7 Å². The van der Waals surface area contributed by atoms with Gasteiger partial charge in [-0.2, -0.15) is 5.10 Å². The molecule has 0 fully saturated rings. The fourth-order valence-corrected chi connectivity index (χ4v) is 4.21. The molecule has 0 saturated carbocycles. The van der Waals surface area contributed by atoms with Crippen molar-refractivity contribution in [3.8, 4) is 17.2 Å². The summed E-state index contributed by atoms with van der Waals surface area (Å²) in [7, 11) is 1.58. The topological polar surface area (TPSA) is 64.8 Å². The highest BCUT2D eigenvalue weighted by molar-refractivity contribution is 14.1. The third-order valence-corrected chi connectivity index (χ3v) is 6.01. The summed E-state index contributed by atoms with van der Waals surface area (Å²) in [6, 6.07) is 22.4. The van der Waals surface area contributed by atoms with E-state index in [-0.39, 0.29) is 5.91 Å². The minimum Gasteiger partial charge on any atom is -0.493 e. The first-order valence-electron chi connectivity index (χ1n) is 10.4. The van der Waals surface area contributed by atoms with Crippen molar-refractivity contribution in [1.82, 2.24) is 9.99 Å². The number of carbonyl (C=O) groups excluding carboxylic acids is 1. The van der Waals surface area contributed by atoms with Crippen LogP contribution in [0.25, 0.3) is 5.69 Å². The van der Waals surface area contributed by atoms with Crippen molar-refractivity contribution in [3.05, 3.63) is 110 Å². The predicted molar refractivity (Wildman–Crippen MR) is 142 cm³/mol. The number of benzene rings is 3. The summed E-state index contributed by atoms with van der Waals surface area (Å²) in [6.45, 7) is 0.383. The third kappa shape index (κ3) is 5.78. The molecule has 1 N–H and O–H groups in total. The molecule has 4 rings (SSSR count). The van der Waals surface area contributed by atoms with E-state index in [1.807, 2.05) is 83.7 Å². The van der Waals surface area contributed by atoms with Gasteiger partial charge < -0.3 is 14.0 Å². The smallest absolute Gasteiger partial charge is 0.273 e. The first-order valence-corrected chi connectivity index (χ1v) is 11.8. The molecule has 0 aliphatic heterocycles. The number of nitrogens with one attached hydrogen (secondary N) is 1. The summed E-state index contributed by atoms with van der Waals surface area (Å²) < 4.78 is 14.3. The van der Waals surface area contributed by atoms with E-state index in [4.69, 9.17) is 21.1 Å². The lowest BCUT2D eigenvalue weighted by Crippen LogP contribution is -2.19. The van der Waals surface area contributed by atoms with Gasteiger partial charge in [0, 0.05) is 17.4 Å². The van der Waals surface area contributed by atoms with Crippen LogP contribution in [-0.2, 0) is 6.61 Å². The van der Waals surface area contributed by atoms with E-state index in [2.05, 4.69) is 33.1 Å². The number of rotatable bonds is 8. The van der Waals surface area contributed by atoms with E-state index >= 15 is 0 Å². The van der Waals surface area contributed by atoms with Crippen LogP contribution >= 0.6 is 34.2 Å². The molecule has 0 bridgehead atoms. The molecular weight excluding hydrogens is 565 g/mol. The molecule has 1 aromatic heterocycles. The minimum absolute atomic E-state index is 0.301. The highest BCUT2D eigenvalue weighted by Gasteiger charge is 2.13. The molecule has 1 heterocycles. The molecular formula is C26H21ClIN3O3. The van der Waals surface area contributed by atoms with E-state index < -0.39 is 0 Å². The molecule has 172 valence electrons. The zero-order valence-electron chi connectivity index (χ0n) is 18.2. The van der Waals surface area contributed by atoms with Crippen LogP contribution in [0.2, 0.25) is 5.02 Å². The number of para-hydroxylation sites is 1. The maximum atomic E-state index is 12.7. The Kier molecular flexibility index (Phi) is 7.87. The van der Waals surface area contributed by atoms with Crippen LogP contribution in [0.4, 0.5) is 0 Å². The average molecular weight is 586 g/mol. The molecule has 4 aromatic rings. The SMILES string of the molecule is COc1cc(/C=N\NC(=O)c2ccccc2-n2cccc2)cc(I)c1OCc1ccc(Cl)cc1. The highest BCUT2D eigenvalue weighted by Crippen LogP contribution is 2.34. The van der Waals surface area contributed by atoms with Crippen molar-refractivity contribution in [3.63, 3.8) is 0 Å². The van der Waals surface area contributed by atoms with Crippen molar-refractivity contribution in [2.24, 2.45) is 5.10 Å². The summed E-state index contributed by atoms with van der Waals surface area (Å²) in [5.41, 5.74) is 5.66. The maximum Gasteiger partial charge on any atom is 0.273 e. The zero-order chi connectivity index (χ0) is 23.9. The molecule has 0 aliphatic carbocycles. The lowest BCUT2D eigenvalue weighted by atomic mass is 10.1. The van der Waals surface area contributed by atoms with Crippen LogP contribution in [0.1, 0.15) is 21.5 Å². The number of amides is 1. The molecule has 0 unspecified atom stereocenters. The molecule has 0 atom stereocenters. The van der Waals surface area contributed by atoms with E-state index in [9.17, 15) is 4.79 Å². The van der Waals surface area contributed by atoms with Crippen molar-refractivity contribution in [1.29, 1.82) is 0 Å². The maximum absolute atomic E-state index is 12.7. The second kappa shape index (κ2) is 11.2. The van der Waals surface area contributed by atoms with Gasteiger partial charge in [-0.05, 0) is 82.2 Å². The molecule has 8 heteroatoms. The second-order valence-corrected chi connectivity index (χ2v) is 8.85. The molecule has 34 heavy (non-hydrogen) atoms. The third-order valence-electron chi connectivity index (χ3n) is 4.96. The number of ether oxygens (including phenoxy) is 2. The minimum atomic E-state index is -0.301. The Labute approximate surface area is 216 Å². The van der Waals surface area contributed by atoms with Crippen LogP contribution in [0.3, 0.4) is 0 Å². The molecule has 0 radical (unpaired) electrons. The lowest BCUT2D eigenvalue weighted by molar-refractivity contribution is 0.0955. The molecule has 0 aliphatic rings.